The Balaban J connectivity index is 3.30. The van der Waals surface area contributed by atoms with E-state index in [2.05, 4.69) is 6.58 Å². The molecule has 0 aromatic rings. The number of hydrogen-bond acceptors (Lipinski definition) is 2. The van der Waals surface area contributed by atoms with Crippen LogP contribution in [0.1, 0.15) is 39.0 Å². The lowest BCUT2D eigenvalue weighted by molar-refractivity contribution is -0.139. The largest absolute Gasteiger partial charge is 0.462 e. The number of alkyl halides is 3. The Bertz CT molecular complexity index is 242. The Morgan fingerprint density at radius 2 is 1.76 bits per heavy atom. The first-order valence-corrected chi connectivity index (χ1v) is 5.70. The number of hydrogen-bond donors (Lipinski definition) is 0. The van der Waals surface area contributed by atoms with Gasteiger partial charge in [0.25, 0.3) is 6.43 Å². The van der Waals surface area contributed by atoms with Gasteiger partial charge in [0, 0.05) is 5.57 Å². The second kappa shape index (κ2) is 9.07. The van der Waals surface area contributed by atoms with Crippen molar-refractivity contribution in [1.29, 1.82) is 0 Å². The van der Waals surface area contributed by atoms with Gasteiger partial charge in [-0.2, -0.15) is 0 Å². The highest BCUT2D eigenvalue weighted by molar-refractivity contribution is 5.86. The molecule has 0 amide bonds. The molecule has 0 fully saturated rings. The van der Waals surface area contributed by atoms with Crippen LogP contribution in [0.25, 0.3) is 0 Å². The summed E-state index contributed by atoms with van der Waals surface area (Å²) < 4.78 is 40.9. The molecular weight excluding hydrogens is 233 g/mol. The molecule has 2 nitrogen and oxygen atoms in total. The summed E-state index contributed by atoms with van der Waals surface area (Å²) in [5.41, 5.74) is 0.349. The molecule has 0 aromatic heterocycles. The number of ether oxygens (including phenoxy) is 1. The van der Waals surface area contributed by atoms with Crippen molar-refractivity contribution in [3.8, 4) is 0 Å². The lowest BCUT2D eigenvalue weighted by atomic mass is 10.1. The van der Waals surface area contributed by atoms with Crippen molar-refractivity contribution in [3.63, 3.8) is 0 Å². The van der Waals surface area contributed by atoms with Gasteiger partial charge in [-0.3, -0.25) is 0 Å². The number of esters is 1. The van der Waals surface area contributed by atoms with Crippen molar-refractivity contribution >= 4 is 5.97 Å². The maximum atomic E-state index is 12.5. The minimum absolute atomic E-state index is 0.108. The van der Waals surface area contributed by atoms with E-state index in [9.17, 15) is 18.0 Å². The Labute approximate surface area is 99.8 Å². The molecule has 0 saturated heterocycles. The third-order valence-electron chi connectivity index (χ3n) is 2.23. The number of carbonyl (C=O) groups excluding carboxylic acids is 1. The van der Waals surface area contributed by atoms with Crippen LogP contribution in [0.3, 0.4) is 0 Å². The van der Waals surface area contributed by atoms with E-state index in [-0.39, 0.29) is 6.42 Å². The van der Waals surface area contributed by atoms with Gasteiger partial charge in [0.15, 0.2) is 6.17 Å². The predicted molar refractivity (Wildman–Crippen MR) is 59.8 cm³/mol. The fourth-order valence-electron chi connectivity index (χ4n) is 1.21. The minimum Gasteiger partial charge on any atom is -0.462 e. The zero-order chi connectivity index (χ0) is 13.3. The van der Waals surface area contributed by atoms with E-state index in [1.165, 1.54) is 0 Å². The molecule has 0 saturated carbocycles. The fourth-order valence-corrected chi connectivity index (χ4v) is 1.21. The molecule has 0 radical (unpaired) electrons. The van der Waals surface area contributed by atoms with Crippen LogP contribution in [0.5, 0.6) is 0 Å². The maximum absolute atomic E-state index is 12.5. The van der Waals surface area contributed by atoms with E-state index in [0.29, 0.717) is 31.4 Å². The third-order valence-corrected chi connectivity index (χ3v) is 2.23. The van der Waals surface area contributed by atoms with Gasteiger partial charge in [0.05, 0.1) is 6.61 Å². The van der Waals surface area contributed by atoms with Crippen LogP contribution in [0.4, 0.5) is 13.2 Å². The Morgan fingerprint density at radius 3 is 2.29 bits per heavy atom. The first kappa shape index (κ1) is 16.0. The maximum Gasteiger partial charge on any atom is 0.333 e. The first-order valence-electron chi connectivity index (χ1n) is 5.70. The van der Waals surface area contributed by atoms with Gasteiger partial charge in [-0.25, -0.2) is 18.0 Å². The van der Waals surface area contributed by atoms with Gasteiger partial charge in [-0.05, 0) is 19.8 Å². The topological polar surface area (TPSA) is 26.3 Å². The zero-order valence-corrected chi connectivity index (χ0v) is 10.1. The van der Waals surface area contributed by atoms with Crippen LogP contribution < -0.4 is 0 Å². The van der Waals surface area contributed by atoms with Crippen LogP contribution in [-0.4, -0.2) is 25.2 Å². The highest BCUT2D eigenvalue weighted by Crippen LogP contribution is 2.14. The highest BCUT2D eigenvalue weighted by Gasteiger charge is 2.17. The van der Waals surface area contributed by atoms with Gasteiger partial charge in [0.2, 0.25) is 0 Å². The molecule has 0 N–H and O–H groups in total. The summed E-state index contributed by atoms with van der Waals surface area (Å²) in [6, 6.07) is 0. The van der Waals surface area contributed by atoms with Gasteiger partial charge in [-0.15, -0.1) is 0 Å². The fraction of sp³-hybridized carbons (Fsp3) is 0.750. The van der Waals surface area contributed by atoms with Gasteiger partial charge in [0.1, 0.15) is 0 Å². The van der Waals surface area contributed by atoms with Gasteiger partial charge in [-0.1, -0.05) is 25.8 Å². The molecule has 5 heteroatoms. The SMILES string of the molecule is C=C(C)C(=O)OCCCCCCC(F)C(F)F. The standard InChI is InChI=1S/C12H19F3O2/c1-9(2)12(16)17-8-6-4-3-5-7-10(13)11(14)15/h10-11H,1,3-8H2,2H3. The van der Waals surface area contributed by atoms with Gasteiger partial charge >= 0.3 is 5.97 Å². The van der Waals surface area contributed by atoms with E-state index >= 15 is 0 Å². The number of unbranched alkanes of at least 4 members (excludes halogenated alkanes) is 3. The minimum atomic E-state index is -2.88. The summed E-state index contributed by atoms with van der Waals surface area (Å²) in [5.74, 6) is -0.425. The number of carbonyl (C=O) groups is 1. The molecule has 1 atom stereocenters. The Hall–Kier alpha value is -1.00. The second-order valence-corrected chi connectivity index (χ2v) is 3.97. The predicted octanol–water partition coefficient (Wildman–Crippen LogP) is 3.66. The smallest absolute Gasteiger partial charge is 0.333 e. The normalized spacial score (nSPS) is 12.5. The van der Waals surface area contributed by atoms with E-state index in [0.717, 1.165) is 6.42 Å². The molecule has 0 aliphatic carbocycles. The van der Waals surface area contributed by atoms with E-state index in [1.54, 1.807) is 6.92 Å². The van der Waals surface area contributed by atoms with Crippen molar-refractivity contribution in [2.75, 3.05) is 6.61 Å². The third kappa shape index (κ3) is 8.77. The number of halogens is 3. The van der Waals surface area contributed by atoms with Crippen LogP contribution in [0.2, 0.25) is 0 Å². The van der Waals surface area contributed by atoms with Crippen LogP contribution in [0, 0.1) is 0 Å². The molecule has 0 heterocycles. The molecule has 0 aliphatic heterocycles. The van der Waals surface area contributed by atoms with Crippen molar-refractivity contribution in [3.05, 3.63) is 12.2 Å². The molecule has 100 valence electrons. The van der Waals surface area contributed by atoms with Crippen molar-refractivity contribution in [2.24, 2.45) is 0 Å². The summed E-state index contributed by atoms with van der Waals surface area (Å²) in [7, 11) is 0. The summed E-state index contributed by atoms with van der Waals surface area (Å²) >= 11 is 0. The lowest BCUT2D eigenvalue weighted by Crippen LogP contribution is -2.11. The quantitative estimate of drug-likeness (QED) is 0.355. The van der Waals surface area contributed by atoms with Crippen LogP contribution in [0.15, 0.2) is 12.2 Å². The summed E-state index contributed by atoms with van der Waals surface area (Å²) in [6.45, 7) is 5.29. The van der Waals surface area contributed by atoms with Crippen molar-refractivity contribution < 1.29 is 22.7 Å². The van der Waals surface area contributed by atoms with Gasteiger partial charge < -0.3 is 4.74 Å². The van der Waals surface area contributed by atoms with Crippen molar-refractivity contribution in [2.45, 2.75) is 51.6 Å². The van der Waals surface area contributed by atoms with Crippen LogP contribution >= 0.6 is 0 Å². The molecule has 1 unspecified atom stereocenters. The average Bonchev–Trinajstić information content (AvgIpc) is 2.26. The zero-order valence-electron chi connectivity index (χ0n) is 10.1. The molecule has 0 rings (SSSR count). The van der Waals surface area contributed by atoms with E-state index in [4.69, 9.17) is 4.74 Å². The summed E-state index contributed by atoms with van der Waals surface area (Å²) in [4.78, 5) is 10.9. The van der Waals surface area contributed by atoms with Crippen molar-refractivity contribution in [1.82, 2.24) is 0 Å². The molecule has 0 aromatic carbocycles. The lowest BCUT2D eigenvalue weighted by Gasteiger charge is -2.06. The molecule has 0 bridgehead atoms. The second-order valence-electron chi connectivity index (χ2n) is 3.97. The first-order chi connectivity index (χ1) is 7.95. The summed E-state index contributed by atoms with van der Waals surface area (Å²) in [5, 5.41) is 0. The summed E-state index contributed by atoms with van der Waals surface area (Å²) in [6.07, 6.45) is -2.52. The molecule has 0 aliphatic rings. The van der Waals surface area contributed by atoms with E-state index in [1.807, 2.05) is 0 Å². The Morgan fingerprint density at radius 1 is 1.18 bits per heavy atom. The monoisotopic (exact) mass is 252 g/mol. The molecule has 0 spiro atoms. The Kier molecular flexibility index (Phi) is 8.54. The average molecular weight is 252 g/mol. The number of rotatable bonds is 9. The van der Waals surface area contributed by atoms with E-state index < -0.39 is 18.6 Å². The highest BCUT2D eigenvalue weighted by atomic mass is 19.3. The molecule has 17 heavy (non-hydrogen) atoms. The molecular formula is C12H19F3O2. The van der Waals surface area contributed by atoms with Crippen LogP contribution in [-0.2, 0) is 9.53 Å².